The maximum absolute atomic E-state index is 10.2. The molecule has 4 heteroatoms. The summed E-state index contributed by atoms with van der Waals surface area (Å²) in [7, 11) is 0. The second-order valence-corrected chi connectivity index (χ2v) is 14.1. The third-order valence-corrected chi connectivity index (χ3v) is 11.3. The van der Waals surface area contributed by atoms with Crippen molar-refractivity contribution in [1.82, 2.24) is 0 Å². The molecule has 0 N–H and O–H groups in total. The van der Waals surface area contributed by atoms with E-state index < -0.39 is 0 Å². The number of furan rings is 1. The van der Waals surface area contributed by atoms with Crippen LogP contribution in [0.25, 0.3) is 82.1 Å². The number of benzene rings is 6. The molecule has 2 heterocycles. The molecule has 6 aromatic carbocycles. The number of fused-ring (bicyclic) bond motifs is 6. The Morgan fingerprint density at radius 2 is 1.20 bits per heavy atom. The Morgan fingerprint density at radius 1 is 0.650 bits per heavy atom. The smallest absolute Gasteiger partial charge is 0.143 e. The first-order valence-electron chi connectivity index (χ1n) is 21.0. The van der Waals surface area contributed by atoms with Crippen LogP contribution >= 0.6 is 24.0 Å². The highest BCUT2D eigenvalue weighted by atomic mass is 32.1. The van der Waals surface area contributed by atoms with Crippen LogP contribution in [0.4, 0.5) is 0 Å². The van der Waals surface area contributed by atoms with Crippen molar-refractivity contribution >= 4 is 61.6 Å². The highest BCUT2D eigenvalue weighted by Crippen LogP contribution is 2.47. The average molecular weight is 822 g/mol. The normalized spacial score (nSPS) is 11.5. The van der Waals surface area contributed by atoms with Crippen LogP contribution in [0.3, 0.4) is 0 Å². The number of thiol groups is 1. The van der Waals surface area contributed by atoms with Crippen LogP contribution in [-0.2, 0) is 6.42 Å². The van der Waals surface area contributed by atoms with Crippen molar-refractivity contribution in [3.63, 3.8) is 0 Å². The van der Waals surface area contributed by atoms with E-state index in [1.165, 1.54) is 31.7 Å². The molecule has 8 aromatic rings. The zero-order valence-corrected chi connectivity index (χ0v) is 37.8. The second kappa shape index (κ2) is 21.8. The van der Waals surface area contributed by atoms with Crippen molar-refractivity contribution in [2.75, 3.05) is 6.26 Å². The Bertz CT molecular complexity index is 2860. The molecule has 0 aliphatic heterocycles. The summed E-state index contributed by atoms with van der Waals surface area (Å²) in [6.07, 6.45) is 13.1. The highest BCUT2D eigenvalue weighted by molar-refractivity contribution is 7.79. The predicted molar refractivity (Wildman–Crippen MR) is 269 cm³/mol. The fourth-order valence-corrected chi connectivity index (χ4v) is 9.11. The van der Waals surface area contributed by atoms with Crippen molar-refractivity contribution in [2.45, 2.75) is 54.9 Å². The Hall–Kier alpha value is -6.12. The second-order valence-electron chi connectivity index (χ2n) is 13.1. The molecule has 0 unspecified atom stereocenters. The minimum Gasteiger partial charge on any atom is -0.455 e. The van der Waals surface area contributed by atoms with Crippen LogP contribution in [0.2, 0.25) is 0 Å². The summed E-state index contributed by atoms with van der Waals surface area (Å²) in [6, 6.07) is 47.0. The van der Waals surface area contributed by atoms with Gasteiger partial charge in [-0.1, -0.05) is 182 Å². The topological polar surface area (TPSA) is 36.9 Å². The first-order valence-corrected chi connectivity index (χ1v) is 22.7. The lowest BCUT2D eigenvalue weighted by Gasteiger charge is -2.11. The quantitative estimate of drug-likeness (QED) is 0.128. The van der Waals surface area contributed by atoms with Crippen molar-refractivity contribution < 1.29 is 4.42 Å². The lowest BCUT2D eigenvalue weighted by atomic mass is 9.93. The Balaban J connectivity index is 0.000000807. The zero-order chi connectivity index (χ0) is 43.2. The van der Waals surface area contributed by atoms with Crippen LogP contribution in [-0.4, -0.2) is 6.26 Å². The van der Waals surface area contributed by atoms with Crippen molar-refractivity contribution in [1.29, 1.82) is 5.26 Å². The first-order chi connectivity index (χ1) is 29.6. The van der Waals surface area contributed by atoms with Gasteiger partial charge < -0.3 is 4.42 Å². The van der Waals surface area contributed by atoms with E-state index in [4.69, 9.17) is 4.42 Å². The SMILES string of the molecule is C=C/C=C(\C=C/C)C1=CCc2c1sc1c(-c3cc(C#N)cc(-c4cccc(-c5cccc6c5oc5c(-c7ccccc7)cccc56)c4)c3)cccc21.CC.CC.CC.CS. The minimum atomic E-state index is 0.636. The average Bonchev–Trinajstić information content (AvgIpc) is 4.04. The van der Waals surface area contributed by atoms with Gasteiger partial charge in [-0.2, -0.15) is 17.9 Å². The Labute approximate surface area is 367 Å². The van der Waals surface area contributed by atoms with Crippen LogP contribution in [0.5, 0.6) is 0 Å². The molecule has 0 bridgehead atoms. The molecule has 0 amide bonds. The van der Waals surface area contributed by atoms with Gasteiger partial charge in [0.05, 0.1) is 11.6 Å². The summed E-state index contributed by atoms with van der Waals surface area (Å²) in [6.45, 7) is 18.0. The summed E-state index contributed by atoms with van der Waals surface area (Å²) in [5.74, 6) is 0. The number of hydrogen-bond donors (Lipinski definition) is 1. The fraction of sp³-hybridized carbons (Fsp3) is 0.161. The molecule has 302 valence electrons. The zero-order valence-electron chi connectivity index (χ0n) is 36.1. The third kappa shape index (κ3) is 8.89. The number of nitrogens with zero attached hydrogens (tertiary/aromatic N) is 1. The summed E-state index contributed by atoms with van der Waals surface area (Å²) < 4.78 is 7.99. The molecule has 9 rings (SSSR count). The van der Waals surface area contributed by atoms with E-state index in [0.717, 1.165) is 72.9 Å². The molecule has 0 atom stereocenters. The molecular formula is C56H55NOS2. The maximum atomic E-state index is 10.2. The van der Waals surface area contributed by atoms with E-state index in [0.29, 0.717) is 5.56 Å². The van der Waals surface area contributed by atoms with Gasteiger partial charge in [-0.15, -0.1) is 11.3 Å². The fourth-order valence-electron chi connectivity index (χ4n) is 7.68. The van der Waals surface area contributed by atoms with E-state index in [9.17, 15) is 5.26 Å². The van der Waals surface area contributed by atoms with Gasteiger partial charge in [0.1, 0.15) is 11.2 Å². The van der Waals surface area contributed by atoms with Crippen LogP contribution in [0.1, 0.15) is 64.5 Å². The van der Waals surface area contributed by atoms with E-state index in [1.54, 1.807) is 6.26 Å². The summed E-state index contributed by atoms with van der Waals surface area (Å²) >= 11 is 5.37. The molecule has 0 saturated heterocycles. The maximum Gasteiger partial charge on any atom is 0.143 e. The largest absolute Gasteiger partial charge is 0.455 e. The highest BCUT2D eigenvalue weighted by Gasteiger charge is 2.23. The summed E-state index contributed by atoms with van der Waals surface area (Å²) in [5.41, 5.74) is 14.8. The molecule has 0 radical (unpaired) electrons. The number of hydrogen-bond acceptors (Lipinski definition) is 4. The minimum absolute atomic E-state index is 0.636. The van der Waals surface area contributed by atoms with Crippen LogP contribution < -0.4 is 0 Å². The lowest BCUT2D eigenvalue weighted by molar-refractivity contribution is 0.671. The van der Waals surface area contributed by atoms with E-state index >= 15 is 0 Å². The van der Waals surface area contributed by atoms with Crippen molar-refractivity contribution in [2.24, 2.45) is 0 Å². The first kappa shape index (κ1) is 45.0. The third-order valence-electron chi connectivity index (χ3n) is 10.0. The molecular weight excluding hydrogens is 767 g/mol. The van der Waals surface area contributed by atoms with Gasteiger partial charge in [-0.3, -0.25) is 0 Å². The number of para-hydroxylation sites is 2. The molecule has 60 heavy (non-hydrogen) atoms. The standard InChI is InChI=1S/C49H33NOS.3C2H6.CH4S/c1-3-12-32(13-4-2)41-24-25-45-44-23-11-20-40(48(44)52-49(41)45)37-27-31(30-50)26-36(29-37)34-16-8-17-35(28-34)39-19-10-22-43-42-21-9-18-38(46(42)51-47(39)43)33-14-6-5-7-15-33;4*1-2/h3-24,26-29H,1,25H2,2H3;3*1-2H3;2H,1H3/b13-4-,32-12+;;;;. The molecule has 1 aliphatic rings. The van der Waals surface area contributed by atoms with Crippen LogP contribution in [0, 0.1) is 11.3 Å². The Kier molecular flexibility index (Phi) is 16.3. The van der Waals surface area contributed by atoms with Gasteiger partial charge in [-0.05, 0) is 99.3 Å². The van der Waals surface area contributed by atoms with Gasteiger partial charge in [-0.25, -0.2) is 0 Å². The number of rotatable bonds is 7. The Morgan fingerprint density at radius 3 is 1.83 bits per heavy atom. The number of nitriles is 1. The molecule has 0 fully saturated rings. The lowest BCUT2D eigenvalue weighted by Crippen LogP contribution is -1.87. The molecule has 2 nitrogen and oxygen atoms in total. The van der Waals surface area contributed by atoms with Gasteiger partial charge in [0.2, 0.25) is 0 Å². The van der Waals surface area contributed by atoms with E-state index in [-0.39, 0.29) is 0 Å². The van der Waals surface area contributed by atoms with Gasteiger partial charge >= 0.3 is 0 Å². The summed E-state index contributed by atoms with van der Waals surface area (Å²) in [4.78, 5) is 1.31. The number of allylic oxidation sites excluding steroid dienone is 7. The van der Waals surface area contributed by atoms with Gasteiger partial charge in [0.15, 0.2) is 0 Å². The van der Waals surface area contributed by atoms with Crippen molar-refractivity contribution in [3.8, 4) is 50.6 Å². The monoisotopic (exact) mass is 821 g/mol. The molecule has 0 spiro atoms. The molecule has 1 aliphatic carbocycles. The van der Waals surface area contributed by atoms with Crippen LogP contribution in [0.15, 0.2) is 174 Å². The summed E-state index contributed by atoms with van der Waals surface area (Å²) in [5, 5.41) is 13.7. The van der Waals surface area contributed by atoms with E-state index in [1.807, 2.05) is 84.1 Å². The molecule has 2 aromatic heterocycles. The molecule has 0 saturated carbocycles. The van der Waals surface area contributed by atoms with Crippen molar-refractivity contribution in [3.05, 3.63) is 186 Å². The van der Waals surface area contributed by atoms with Gasteiger partial charge in [0, 0.05) is 31.5 Å². The van der Waals surface area contributed by atoms with E-state index in [2.05, 4.69) is 159 Å². The van der Waals surface area contributed by atoms with Gasteiger partial charge in [0.25, 0.3) is 0 Å². The predicted octanol–water partition coefficient (Wildman–Crippen LogP) is 17.6. The number of thiophene rings is 1.